The Morgan fingerprint density at radius 1 is 1.50 bits per heavy atom. The fourth-order valence-electron chi connectivity index (χ4n) is 0.772. The van der Waals surface area contributed by atoms with Crippen molar-refractivity contribution < 1.29 is 18.7 Å². The van der Waals surface area contributed by atoms with Crippen LogP contribution in [-0.4, -0.2) is 25.2 Å². The number of ether oxygens (including phenoxy) is 2. The van der Waals surface area contributed by atoms with Gasteiger partial charge >= 0.3 is 11.9 Å². The van der Waals surface area contributed by atoms with Crippen LogP contribution < -0.4 is 4.74 Å². The minimum atomic E-state index is -0.566. The predicted molar refractivity (Wildman–Crippen MR) is 39.1 cm³/mol. The summed E-state index contributed by atoms with van der Waals surface area (Å²) in [5.74, 6) is -0.115. The van der Waals surface area contributed by atoms with E-state index >= 15 is 0 Å². The van der Waals surface area contributed by atoms with Gasteiger partial charge in [-0.05, 0) is 0 Å². The number of esters is 1. The van der Waals surface area contributed by atoms with Gasteiger partial charge < -0.3 is 13.9 Å². The maximum absolute atomic E-state index is 11.0. The minimum Gasteiger partial charge on any atom is -0.467 e. The molecule has 0 aromatic carbocycles. The molecule has 12 heavy (non-hydrogen) atoms. The van der Waals surface area contributed by atoms with Crippen molar-refractivity contribution in [3.05, 3.63) is 11.6 Å². The van der Waals surface area contributed by atoms with E-state index in [0.717, 1.165) is 0 Å². The Bertz CT molecular complexity index is 292. The van der Waals surface area contributed by atoms with Gasteiger partial charge in [0.25, 0.3) is 0 Å². The standard InChI is InChI=1S/C7H9NO4/c1-4-8-5(6(9)10-2)7(11-3)12-4/h1-3H3. The summed E-state index contributed by atoms with van der Waals surface area (Å²) in [5.41, 5.74) is 0.0671. The van der Waals surface area contributed by atoms with Gasteiger partial charge in [0.05, 0.1) is 14.2 Å². The highest BCUT2D eigenvalue weighted by molar-refractivity contribution is 5.89. The van der Waals surface area contributed by atoms with Crippen LogP contribution in [0.15, 0.2) is 4.42 Å². The van der Waals surface area contributed by atoms with Crippen molar-refractivity contribution in [1.29, 1.82) is 0 Å². The van der Waals surface area contributed by atoms with E-state index in [1.165, 1.54) is 14.2 Å². The molecule has 0 amide bonds. The lowest BCUT2D eigenvalue weighted by Crippen LogP contribution is -2.03. The first-order valence-corrected chi connectivity index (χ1v) is 3.28. The Labute approximate surface area is 69.3 Å². The van der Waals surface area contributed by atoms with E-state index in [2.05, 4.69) is 9.72 Å². The Morgan fingerprint density at radius 3 is 2.67 bits per heavy atom. The number of methoxy groups -OCH3 is 2. The van der Waals surface area contributed by atoms with E-state index in [0.29, 0.717) is 5.89 Å². The van der Waals surface area contributed by atoms with Crippen LogP contribution >= 0.6 is 0 Å². The topological polar surface area (TPSA) is 61.6 Å². The zero-order valence-corrected chi connectivity index (χ0v) is 7.08. The van der Waals surface area contributed by atoms with Crippen LogP contribution in [0.2, 0.25) is 0 Å². The Morgan fingerprint density at radius 2 is 2.17 bits per heavy atom. The average molecular weight is 171 g/mol. The van der Waals surface area contributed by atoms with Crippen LogP contribution in [0.1, 0.15) is 16.4 Å². The molecule has 0 saturated heterocycles. The lowest BCUT2D eigenvalue weighted by molar-refractivity contribution is 0.0588. The van der Waals surface area contributed by atoms with Crippen molar-refractivity contribution in [2.75, 3.05) is 14.2 Å². The Kier molecular flexibility index (Phi) is 2.32. The second-order valence-electron chi connectivity index (χ2n) is 2.06. The molecule has 5 nitrogen and oxygen atoms in total. The van der Waals surface area contributed by atoms with Crippen LogP contribution in [0, 0.1) is 6.92 Å². The molecule has 1 aromatic rings. The number of aromatic nitrogens is 1. The van der Waals surface area contributed by atoms with Crippen molar-refractivity contribution in [3.63, 3.8) is 0 Å². The highest BCUT2D eigenvalue weighted by Gasteiger charge is 2.19. The third-order valence-corrected chi connectivity index (χ3v) is 1.27. The molecule has 0 fully saturated rings. The third kappa shape index (κ3) is 1.39. The molecule has 1 aromatic heterocycles. The first kappa shape index (κ1) is 8.58. The van der Waals surface area contributed by atoms with Crippen molar-refractivity contribution in [3.8, 4) is 5.95 Å². The van der Waals surface area contributed by atoms with Crippen LogP contribution in [0.3, 0.4) is 0 Å². The summed E-state index contributed by atoms with van der Waals surface area (Å²) in [5, 5.41) is 0. The number of aryl methyl sites for hydroxylation is 1. The Balaban J connectivity index is 3.04. The molecule has 0 N–H and O–H groups in total. The van der Waals surface area contributed by atoms with Crippen molar-refractivity contribution in [2.24, 2.45) is 0 Å². The van der Waals surface area contributed by atoms with Gasteiger partial charge in [-0.3, -0.25) is 0 Å². The molecule has 0 aliphatic rings. The van der Waals surface area contributed by atoms with Crippen molar-refractivity contribution in [1.82, 2.24) is 4.98 Å². The van der Waals surface area contributed by atoms with Gasteiger partial charge in [-0.2, -0.15) is 0 Å². The predicted octanol–water partition coefficient (Wildman–Crippen LogP) is 0.778. The zero-order chi connectivity index (χ0) is 9.14. The molecule has 0 bridgehead atoms. The summed E-state index contributed by atoms with van der Waals surface area (Å²) in [6.45, 7) is 1.62. The number of hydrogen-bond acceptors (Lipinski definition) is 5. The molecule has 66 valence electrons. The normalized spacial score (nSPS) is 9.58. The number of carbonyl (C=O) groups excluding carboxylic acids is 1. The second-order valence-corrected chi connectivity index (χ2v) is 2.06. The first-order chi connectivity index (χ1) is 5.69. The maximum Gasteiger partial charge on any atom is 0.364 e. The van der Waals surface area contributed by atoms with E-state index in [1.54, 1.807) is 6.92 Å². The lowest BCUT2D eigenvalue weighted by atomic mass is 10.5. The molecule has 1 heterocycles. The van der Waals surface area contributed by atoms with Gasteiger partial charge in [-0.15, -0.1) is 0 Å². The van der Waals surface area contributed by atoms with Crippen LogP contribution in [0.5, 0.6) is 5.95 Å². The maximum atomic E-state index is 11.0. The summed E-state index contributed by atoms with van der Waals surface area (Å²) >= 11 is 0. The Hall–Kier alpha value is -1.52. The van der Waals surface area contributed by atoms with Gasteiger partial charge in [0.2, 0.25) is 5.69 Å². The quantitative estimate of drug-likeness (QED) is 0.615. The first-order valence-electron chi connectivity index (χ1n) is 3.28. The molecule has 1 rings (SSSR count). The van der Waals surface area contributed by atoms with Crippen LogP contribution in [0.4, 0.5) is 0 Å². The van der Waals surface area contributed by atoms with E-state index in [-0.39, 0.29) is 11.6 Å². The molecule has 0 saturated carbocycles. The van der Waals surface area contributed by atoms with E-state index in [1.807, 2.05) is 0 Å². The molecule has 0 aliphatic carbocycles. The number of rotatable bonds is 2. The summed E-state index contributed by atoms with van der Waals surface area (Å²) in [7, 11) is 2.66. The minimum absolute atomic E-state index is 0.0671. The fraction of sp³-hybridized carbons (Fsp3) is 0.429. The molecule has 0 unspecified atom stereocenters. The molecular weight excluding hydrogens is 162 g/mol. The number of nitrogens with zero attached hydrogens (tertiary/aromatic N) is 1. The third-order valence-electron chi connectivity index (χ3n) is 1.27. The zero-order valence-electron chi connectivity index (χ0n) is 7.08. The molecule has 5 heteroatoms. The molecule has 0 spiro atoms. The number of oxazole rings is 1. The number of carbonyl (C=O) groups is 1. The van der Waals surface area contributed by atoms with Gasteiger partial charge in [-0.25, -0.2) is 9.78 Å². The van der Waals surface area contributed by atoms with E-state index in [4.69, 9.17) is 9.15 Å². The lowest BCUT2D eigenvalue weighted by Gasteiger charge is -1.95. The van der Waals surface area contributed by atoms with Crippen LogP contribution in [0.25, 0.3) is 0 Å². The SMILES string of the molecule is COC(=O)c1nc(C)oc1OC. The highest BCUT2D eigenvalue weighted by Crippen LogP contribution is 2.19. The summed E-state index contributed by atoms with van der Waals surface area (Å²) < 4.78 is 14.2. The van der Waals surface area contributed by atoms with Crippen molar-refractivity contribution >= 4 is 5.97 Å². The molecular formula is C7H9NO4. The molecule has 0 aliphatic heterocycles. The average Bonchev–Trinajstić information content (AvgIpc) is 2.45. The molecule has 0 radical (unpaired) electrons. The van der Waals surface area contributed by atoms with Gasteiger partial charge in [0.15, 0.2) is 5.89 Å². The smallest absolute Gasteiger partial charge is 0.364 e. The molecule has 0 atom stereocenters. The van der Waals surface area contributed by atoms with Crippen molar-refractivity contribution in [2.45, 2.75) is 6.92 Å². The second kappa shape index (κ2) is 3.25. The summed E-state index contributed by atoms with van der Waals surface area (Å²) in [6.07, 6.45) is 0. The van der Waals surface area contributed by atoms with E-state index < -0.39 is 5.97 Å². The highest BCUT2D eigenvalue weighted by atomic mass is 16.6. The largest absolute Gasteiger partial charge is 0.467 e. The van der Waals surface area contributed by atoms with Crippen LogP contribution in [-0.2, 0) is 4.74 Å². The fourth-order valence-corrected chi connectivity index (χ4v) is 0.772. The summed E-state index contributed by atoms with van der Waals surface area (Å²) in [4.78, 5) is 14.8. The number of hydrogen-bond donors (Lipinski definition) is 0. The summed E-state index contributed by atoms with van der Waals surface area (Å²) in [6, 6.07) is 0. The monoisotopic (exact) mass is 171 g/mol. The van der Waals surface area contributed by atoms with E-state index in [9.17, 15) is 4.79 Å². The van der Waals surface area contributed by atoms with Gasteiger partial charge in [0.1, 0.15) is 0 Å². The van der Waals surface area contributed by atoms with Gasteiger partial charge in [0, 0.05) is 6.92 Å². The van der Waals surface area contributed by atoms with Gasteiger partial charge in [-0.1, -0.05) is 0 Å².